The molecule has 0 bridgehead atoms. The molecular weight excluding hydrogens is 300 g/mol. The molecule has 5 heteroatoms. The Morgan fingerprint density at radius 3 is 2.68 bits per heavy atom. The molecule has 22 heavy (non-hydrogen) atoms. The lowest BCUT2D eigenvalue weighted by Gasteiger charge is -2.19. The van der Waals surface area contributed by atoms with E-state index >= 15 is 0 Å². The highest BCUT2D eigenvalue weighted by Crippen LogP contribution is 2.25. The predicted molar refractivity (Wildman–Crippen MR) is 88.5 cm³/mol. The maximum absolute atomic E-state index is 11.8. The Balaban J connectivity index is 1.92. The summed E-state index contributed by atoms with van der Waals surface area (Å²) in [5.74, 6) is 0.851. The Hall–Kier alpha value is -2.07. The van der Waals surface area contributed by atoms with Crippen molar-refractivity contribution in [2.24, 2.45) is 0 Å². The number of rotatable bonds is 4. The van der Waals surface area contributed by atoms with Crippen LogP contribution in [0.2, 0.25) is 5.02 Å². The third kappa shape index (κ3) is 4.74. The highest BCUT2D eigenvalue weighted by molar-refractivity contribution is 6.30. The first-order valence-corrected chi connectivity index (χ1v) is 7.37. The maximum atomic E-state index is 11.8. The summed E-state index contributed by atoms with van der Waals surface area (Å²) < 4.78 is 5.53. The van der Waals surface area contributed by atoms with Crippen LogP contribution in [0.5, 0.6) is 5.75 Å². The summed E-state index contributed by atoms with van der Waals surface area (Å²) in [4.78, 5) is 15.8. The highest BCUT2D eigenvalue weighted by atomic mass is 35.5. The average molecular weight is 319 g/mol. The summed E-state index contributed by atoms with van der Waals surface area (Å²) in [7, 11) is 0. The fourth-order valence-electron chi connectivity index (χ4n) is 1.83. The molecular formula is C17H19ClN2O2. The molecule has 2 rings (SSSR count). The number of carbonyl (C=O) groups excluding carboxylic acids is 1. The van der Waals surface area contributed by atoms with Crippen LogP contribution in [0.3, 0.4) is 0 Å². The first-order valence-electron chi connectivity index (χ1n) is 6.99. The molecule has 1 amide bonds. The Kier molecular flexibility index (Phi) is 5.03. The molecule has 4 nitrogen and oxygen atoms in total. The van der Waals surface area contributed by atoms with Crippen molar-refractivity contribution in [3.63, 3.8) is 0 Å². The third-order valence-electron chi connectivity index (χ3n) is 3.06. The van der Waals surface area contributed by atoms with Gasteiger partial charge in [0, 0.05) is 6.20 Å². The van der Waals surface area contributed by atoms with E-state index in [0.29, 0.717) is 16.6 Å². The van der Waals surface area contributed by atoms with Crippen LogP contribution in [0.1, 0.15) is 26.3 Å². The molecule has 1 heterocycles. The van der Waals surface area contributed by atoms with Gasteiger partial charge in [0.2, 0.25) is 0 Å². The van der Waals surface area contributed by atoms with Gasteiger partial charge in [0.15, 0.2) is 6.61 Å². The Morgan fingerprint density at radius 1 is 1.27 bits per heavy atom. The highest BCUT2D eigenvalue weighted by Gasteiger charge is 2.14. The van der Waals surface area contributed by atoms with E-state index in [-0.39, 0.29) is 17.9 Å². The lowest BCUT2D eigenvalue weighted by Crippen LogP contribution is -2.21. The van der Waals surface area contributed by atoms with E-state index < -0.39 is 0 Å². The minimum absolute atomic E-state index is 0.0366. The molecule has 0 atom stereocenters. The van der Waals surface area contributed by atoms with Gasteiger partial charge in [-0.3, -0.25) is 4.79 Å². The molecule has 116 valence electrons. The molecule has 0 aliphatic carbocycles. The van der Waals surface area contributed by atoms with E-state index in [2.05, 4.69) is 31.1 Å². The van der Waals surface area contributed by atoms with Crippen LogP contribution in [-0.4, -0.2) is 17.5 Å². The predicted octanol–water partition coefficient (Wildman–Crippen LogP) is 4.05. The molecule has 0 aliphatic rings. The van der Waals surface area contributed by atoms with Crippen molar-refractivity contribution < 1.29 is 9.53 Å². The number of hydrogen-bond acceptors (Lipinski definition) is 3. The number of amides is 1. The molecule has 0 spiro atoms. The van der Waals surface area contributed by atoms with Crippen LogP contribution in [0, 0.1) is 0 Å². The monoisotopic (exact) mass is 318 g/mol. The topological polar surface area (TPSA) is 51.2 Å². The molecule has 1 N–H and O–H groups in total. The number of hydrogen-bond donors (Lipinski definition) is 1. The van der Waals surface area contributed by atoms with Crippen molar-refractivity contribution >= 4 is 23.3 Å². The minimum Gasteiger partial charge on any atom is -0.484 e. The molecule has 0 saturated heterocycles. The van der Waals surface area contributed by atoms with Crippen molar-refractivity contribution in [3.05, 3.63) is 53.2 Å². The number of ether oxygens (including phenoxy) is 1. The zero-order chi connectivity index (χ0) is 16.2. The van der Waals surface area contributed by atoms with Crippen molar-refractivity contribution in [2.75, 3.05) is 11.9 Å². The molecule has 2 aromatic rings. The van der Waals surface area contributed by atoms with E-state index in [1.165, 1.54) is 6.20 Å². The van der Waals surface area contributed by atoms with Crippen LogP contribution < -0.4 is 10.1 Å². The molecule has 1 aromatic carbocycles. The second-order valence-electron chi connectivity index (χ2n) is 5.98. The zero-order valence-electron chi connectivity index (χ0n) is 12.9. The maximum Gasteiger partial charge on any atom is 0.263 e. The first-order chi connectivity index (χ1) is 10.3. The van der Waals surface area contributed by atoms with Crippen molar-refractivity contribution in [1.82, 2.24) is 4.98 Å². The molecule has 1 aromatic heterocycles. The number of halogens is 1. The number of anilines is 1. The van der Waals surface area contributed by atoms with E-state index in [1.54, 1.807) is 12.1 Å². The fraction of sp³-hybridized carbons (Fsp3) is 0.294. The molecule has 0 saturated carbocycles. The first kappa shape index (κ1) is 16.3. The standard InChI is InChI=1S/C17H19ClN2O2/c1-17(2,3)12-5-4-6-14(9-12)22-11-16(21)20-15-8-7-13(18)10-19-15/h4-10H,11H2,1-3H3,(H,19,20,21). The Morgan fingerprint density at radius 2 is 2.05 bits per heavy atom. The smallest absolute Gasteiger partial charge is 0.263 e. The van der Waals surface area contributed by atoms with Gasteiger partial charge in [0.25, 0.3) is 5.91 Å². The molecule has 0 fully saturated rings. The Bertz CT molecular complexity index is 648. The molecule has 0 aliphatic heterocycles. The Labute approximate surface area is 135 Å². The summed E-state index contributed by atoms with van der Waals surface area (Å²) in [6, 6.07) is 11.1. The van der Waals surface area contributed by atoms with Gasteiger partial charge in [0.05, 0.1) is 5.02 Å². The number of nitrogens with zero attached hydrogens (tertiary/aromatic N) is 1. The van der Waals surface area contributed by atoms with Crippen molar-refractivity contribution in [3.8, 4) is 5.75 Å². The number of aromatic nitrogens is 1. The number of nitrogens with one attached hydrogen (secondary N) is 1. The van der Waals surface area contributed by atoms with Crippen molar-refractivity contribution in [1.29, 1.82) is 0 Å². The van der Waals surface area contributed by atoms with E-state index in [9.17, 15) is 4.79 Å². The molecule has 0 radical (unpaired) electrons. The van der Waals surface area contributed by atoms with Gasteiger partial charge >= 0.3 is 0 Å². The summed E-state index contributed by atoms with van der Waals surface area (Å²) in [5.41, 5.74) is 1.19. The summed E-state index contributed by atoms with van der Waals surface area (Å²) in [6.45, 7) is 6.32. The zero-order valence-corrected chi connectivity index (χ0v) is 13.6. The van der Waals surface area contributed by atoms with Gasteiger partial charge < -0.3 is 10.1 Å². The third-order valence-corrected chi connectivity index (χ3v) is 3.29. The van der Waals surface area contributed by atoms with Gasteiger partial charge in [-0.1, -0.05) is 44.5 Å². The van der Waals surface area contributed by atoms with Gasteiger partial charge in [-0.05, 0) is 35.2 Å². The summed E-state index contributed by atoms with van der Waals surface area (Å²) in [6.07, 6.45) is 1.48. The lowest BCUT2D eigenvalue weighted by atomic mass is 9.87. The summed E-state index contributed by atoms with van der Waals surface area (Å²) in [5, 5.41) is 3.17. The van der Waals surface area contributed by atoms with Gasteiger partial charge in [-0.25, -0.2) is 4.98 Å². The molecule has 0 unspecified atom stereocenters. The van der Waals surface area contributed by atoms with Gasteiger partial charge in [-0.15, -0.1) is 0 Å². The van der Waals surface area contributed by atoms with E-state index in [1.807, 2.05) is 24.3 Å². The van der Waals surface area contributed by atoms with Crippen LogP contribution in [-0.2, 0) is 10.2 Å². The quantitative estimate of drug-likeness (QED) is 0.925. The number of carbonyl (C=O) groups is 1. The van der Waals surface area contributed by atoms with Crippen LogP contribution in [0.4, 0.5) is 5.82 Å². The van der Waals surface area contributed by atoms with Crippen LogP contribution in [0.25, 0.3) is 0 Å². The number of pyridine rings is 1. The summed E-state index contributed by atoms with van der Waals surface area (Å²) >= 11 is 5.74. The SMILES string of the molecule is CC(C)(C)c1cccc(OCC(=O)Nc2ccc(Cl)cn2)c1. The fourth-order valence-corrected chi connectivity index (χ4v) is 1.94. The normalized spacial score (nSPS) is 11.1. The van der Waals surface area contributed by atoms with E-state index in [4.69, 9.17) is 16.3 Å². The second kappa shape index (κ2) is 6.79. The minimum atomic E-state index is -0.268. The second-order valence-corrected chi connectivity index (χ2v) is 6.41. The van der Waals surface area contributed by atoms with Crippen LogP contribution in [0.15, 0.2) is 42.6 Å². The largest absolute Gasteiger partial charge is 0.484 e. The lowest BCUT2D eigenvalue weighted by molar-refractivity contribution is -0.118. The van der Waals surface area contributed by atoms with Crippen molar-refractivity contribution in [2.45, 2.75) is 26.2 Å². The number of benzene rings is 1. The van der Waals surface area contributed by atoms with E-state index in [0.717, 1.165) is 5.56 Å². The van der Waals surface area contributed by atoms with Gasteiger partial charge in [0.1, 0.15) is 11.6 Å². The van der Waals surface area contributed by atoms with Crippen LogP contribution >= 0.6 is 11.6 Å². The average Bonchev–Trinajstić information content (AvgIpc) is 2.47. The van der Waals surface area contributed by atoms with Gasteiger partial charge in [-0.2, -0.15) is 0 Å².